The van der Waals surface area contributed by atoms with Crippen LogP contribution in [0.25, 0.3) is 0 Å². The maximum absolute atomic E-state index is 11.8. The number of rotatable bonds is 2. The second-order valence-electron chi connectivity index (χ2n) is 5.34. The lowest BCUT2D eigenvalue weighted by molar-refractivity contribution is -0.136. The summed E-state index contributed by atoms with van der Waals surface area (Å²) in [6, 6.07) is 12.7. The molecular weight excluding hydrogens is 361 g/mol. The molecule has 25 heavy (non-hydrogen) atoms. The number of fused-ring (bicyclic) bond motifs is 1. The summed E-state index contributed by atoms with van der Waals surface area (Å²) < 4.78 is 4.69. The molecule has 0 saturated heterocycles. The van der Waals surface area contributed by atoms with E-state index in [-0.39, 0.29) is 12.2 Å². The topological polar surface area (TPSA) is 76.7 Å². The fourth-order valence-corrected chi connectivity index (χ4v) is 2.93. The minimum absolute atomic E-state index is 0.0208. The molecule has 7 heteroatoms. The number of benzene rings is 2. The Kier molecular flexibility index (Phi) is 4.97. The molecule has 0 aromatic heterocycles. The summed E-state index contributed by atoms with van der Waals surface area (Å²) in [5, 5.41) is 4.29. The molecule has 3 N–H and O–H groups in total. The highest BCUT2D eigenvalue weighted by atomic mass is 35.5. The zero-order valence-corrected chi connectivity index (χ0v) is 14.9. The molecule has 0 spiro atoms. The van der Waals surface area contributed by atoms with E-state index in [1.807, 2.05) is 18.2 Å². The number of nitrogens with zero attached hydrogens (tertiary/aromatic N) is 1. The van der Waals surface area contributed by atoms with Crippen molar-refractivity contribution in [2.45, 2.75) is 0 Å². The number of hydrogen-bond donors (Lipinski definition) is 2. The fourth-order valence-electron chi connectivity index (χ4n) is 2.54. The second-order valence-corrected chi connectivity index (χ2v) is 6.19. The van der Waals surface area contributed by atoms with E-state index in [9.17, 15) is 4.79 Å². The van der Waals surface area contributed by atoms with E-state index in [0.717, 1.165) is 16.8 Å². The number of esters is 1. The quantitative estimate of drug-likeness (QED) is 0.620. The molecule has 5 nitrogen and oxygen atoms in total. The van der Waals surface area contributed by atoms with Crippen LogP contribution in [-0.4, -0.2) is 25.3 Å². The van der Waals surface area contributed by atoms with Crippen LogP contribution < -0.4 is 11.1 Å². The van der Waals surface area contributed by atoms with Gasteiger partial charge in [0.15, 0.2) is 0 Å². The molecule has 0 amide bonds. The normalized spacial score (nSPS) is 15.4. The van der Waals surface area contributed by atoms with Gasteiger partial charge in [-0.25, -0.2) is 4.79 Å². The highest BCUT2D eigenvalue weighted by molar-refractivity contribution is 6.36. The van der Waals surface area contributed by atoms with Crippen molar-refractivity contribution in [1.29, 1.82) is 0 Å². The van der Waals surface area contributed by atoms with Crippen molar-refractivity contribution < 1.29 is 9.53 Å². The van der Waals surface area contributed by atoms with Crippen molar-refractivity contribution in [3.8, 4) is 0 Å². The standard InChI is InChI=1S/C18H15Cl2N3O2/c1-25-18(24)16(21)15-9-22-17(11-4-2-3-5-13(11)20)12-8-10(19)6-7-14(12)23-15/h2-8,23H,9,21H2,1H3/b16-15-. The lowest BCUT2D eigenvalue weighted by atomic mass is 10.0. The van der Waals surface area contributed by atoms with Gasteiger partial charge in [-0.05, 0) is 24.3 Å². The van der Waals surface area contributed by atoms with Crippen molar-refractivity contribution in [2.24, 2.45) is 10.7 Å². The molecule has 1 aliphatic heterocycles. The van der Waals surface area contributed by atoms with Crippen LogP contribution in [0.1, 0.15) is 11.1 Å². The van der Waals surface area contributed by atoms with Crippen LogP contribution in [0, 0.1) is 0 Å². The minimum atomic E-state index is -0.616. The molecule has 1 heterocycles. The summed E-state index contributed by atoms with van der Waals surface area (Å²) in [5.41, 5.74) is 9.27. The molecule has 2 aromatic carbocycles. The number of carbonyl (C=O) groups excluding carboxylic acids is 1. The van der Waals surface area contributed by atoms with E-state index in [2.05, 4.69) is 10.3 Å². The predicted octanol–water partition coefficient (Wildman–Crippen LogP) is 3.60. The molecule has 0 bridgehead atoms. The van der Waals surface area contributed by atoms with Crippen molar-refractivity contribution in [3.63, 3.8) is 0 Å². The highest BCUT2D eigenvalue weighted by Crippen LogP contribution is 2.30. The van der Waals surface area contributed by atoms with E-state index >= 15 is 0 Å². The van der Waals surface area contributed by atoms with Gasteiger partial charge in [0.05, 0.1) is 25.1 Å². The zero-order chi connectivity index (χ0) is 18.0. The van der Waals surface area contributed by atoms with E-state index in [4.69, 9.17) is 33.7 Å². The molecule has 128 valence electrons. The van der Waals surface area contributed by atoms with Crippen LogP contribution in [0.3, 0.4) is 0 Å². The number of methoxy groups -OCH3 is 1. The Hall–Kier alpha value is -2.50. The Labute approximate surface area is 155 Å². The molecular formula is C18H15Cl2N3O2. The summed E-state index contributed by atoms with van der Waals surface area (Å²) in [6.45, 7) is 0.174. The van der Waals surface area contributed by atoms with Crippen LogP contribution in [0.15, 0.2) is 58.9 Å². The first-order chi connectivity index (χ1) is 12.0. The van der Waals surface area contributed by atoms with Crippen molar-refractivity contribution in [1.82, 2.24) is 0 Å². The van der Waals surface area contributed by atoms with Gasteiger partial charge in [0.25, 0.3) is 0 Å². The number of aliphatic imine (C=N–C) groups is 1. The Morgan fingerprint density at radius 3 is 2.68 bits per heavy atom. The number of nitrogens with two attached hydrogens (primary N) is 1. The largest absolute Gasteiger partial charge is 0.464 e. The van der Waals surface area contributed by atoms with Gasteiger partial charge in [-0.15, -0.1) is 0 Å². The molecule has 0 aliphatic carbocycles. The van der Waals surface area contributed by atoms with Crippen molar-refractivity contribution >= 4 is 40.6 Å². The first-order valence-electron chi connectivity index (χ1n) is 7.44. The third kappa shape index (κ3) is 3.48. The van der Waals surface area contributed by atoms with Gasteiger partial charge < -0.3 is 15.8 Å². The van der Waals surface area contributed by atoms with Gasteiger partial charge in [0.2, 0.25) is 0 Å². The monoisotopic (exact) mass is 375 g/mol. The Bertz CT molecular complexity index is 907. The van der Waals surface area contributed by atoms with E-state index in [0.29, 0.717) is 21.5 Å². The van der Waals surface area contributed by atoms with Gasteiger partial charge in [0.1, 0.15) is 5.70 Å². The number of ether oxygens (including phenoxy) is 1. The molecule has 0 unspecified atom stereocenters. The summed E-state index contributed by atoms with van der Waals surface area (Å²) in [6.07, 6.45) is 0. The number of anilines is 1. The van der Waals surface area contributed by atoms with Crippen LogP contribution in [0.2, 0.25) is 10.0 Å². The summed E-state index contributed by atoms with van der Waals surface area (Å²) in [7, 11) is 1.28. The maximum Gasteiger partial charge on any atom is 0.355 e. The Morgan fingerprint density at radius 2 is 1.96 bits per heavy atom. The average molecular weight is 376 g/mol. The third-order valence-corrected chi connectivity index (χ3v) is 4.34. The Morgan fingerprint density at radius 1 is 1.20 bits per heavy atom. The first kappa shape index (κ1) is 17.3. The van der Waals surface area contributed by atoms with E-state index < -0.39 is 5.97 Å². The molecule has 3 rings (SSSR count). The van der Waals surface area contributed by atoms with Crippen molar-refractivity contribution in [3.05, 3.63) is 75.0 Å². The second kappa shape index (κ2) is 7.17. The number of carbonyl (C=O) groups is 1. The van der Waals surface area contributed by atoms with Gasteiger partial charge in [-0.2, -0.15) is 0 Å². The van der Waals surface area contributed by atoms with Gasteiger partial charge in [-0.3, -0.25) is 4.99 Å². The molecule has 1 aliphatic rings. The number of hydrogen-bond acceptors (Lipinski definition) is 5. The van der Waals surface area contributed by atoms with Crippen LogP contribution in [0.4, 0.5) is 5.69 Å². The zero-order valence-electron chi connectivity index (χ0n) is 13.3. The van der Waals surface area contributed by atoms with Crippen LogP contribution in [-0.2, 0) is 9.53 Å². The van der Waals surface area contributed by atoms with E-state index in [1.165, 1.54) is 7.11 Å². The fraction of sp³-hybridized carbons (Fsp3) is 0.111. The number of halogens is 2. The molecule has 2 aromatic rings. The summed E-state index contributed by atoms with van der Waals surface area (Å²) in [4.78, 5) is 16.4. The molecule has 0 saturated carbocycles. The molecule has 0 atom stereocenters. The SMILES string of the molecule is COC(=O)/C(N)=C1\CN=C(c2ccccc2Cl)c2cc(Cl)ccc2N1. The number of benzodiazepines with no additional fused rings is 1. The summed E-state index contributed by atoms with van der Waals surface area (Å²) >= 11 is 12.5. The van der Waals surface area contributed by atoms with Crippen molar-refractivity contribution in [2.75, 3.05) is 19.0 Å². The number of nitrogens with one attached hydrogen (secondary N) is 1. The average Bonchev–Trinajstić information content (AvgIpc) is 2.80. The Balaban J connectivity index is 2.20. The van der Waals surface area contributed by atoms with E-state index in [1.54, 1.807) is 24.3 Å². The highest BCUT2D eigenvalue weighted by Gasteiger charge is 2.21. The van der Waals surface area contributed by atoms with Crippen LogP contribution >= 0.6 is 23.2 Å². The molecule has 0 fully saturated rings. The molecule has 0 radical (unpaired) electrons. The predicted molar refractivity (Wildman–Crippen MR) is 100 cm³/mol. The smallest absolute Gasteiger partial charge is 0.355 e. The maximum atomic E-state index is 11.8. The first-order valence-corrected chi connectivity index (χ1v) is 8.20. The third-order valence-electron chi connectivity index (χ3n) is 3.78. The van der Waals surface area contributed by atoms with Gasteiger partial charge in [-0.1, -0.05) is 41.4 Å². The lowest BCUT2D eigenvalue weighted by Gasteiger charge is -2.13. The lowest BCUT2D eigenvalue weighted by Crippen LogP contribution is -2.20. The van der Waals surface area contributed by atoms with Gasteiger partial charge in [0, 0.05) is 26.9 Å². The minimum Gasteiger partial charge on any atom is -0.464 e. The summed E-state index contributed by atoms with van der Waals surface area (Å²) in [5.74, 6) is -0.616. The van der Waals surface area contributed by atoms with Crippen LogP contribution in [0.5, 0.6) is 0 Å². The van der Waals surface area contributed by atoms with Gasteiger partial charge >= 0.3 is 5.97 Å².